The molecule has 0 spiro atoms. The summed E-state index contributed by atoms with van der Waals surface area (Å²) in [4.78, 5) is 10.4. The maximum atomic E-state index is 10.4. The fourth-order valence-electron chi connectivity index (χ4n) is 0.532. The summed E-state index contributed by atoms with van der Waals surface area (Å²) in [6, 6.07) is 0. The van der Waals surface area contributed by atoms with E-state index in [1.54, 1.807) is 0 Å². The monoisotopic (exact) mass is 159 g/mol. The fraction of sp³-hybridized carbons (Fsp3) is 0.571. The van der Waals surface area contributed by atoms with Crippen molar-refractivity contribution in [3.8, 4) is 0 Å². The third-order valence-electron chi connectivity index (χ3n) is 1.46. The highest BCUT2D eigenvalue weighted by molar-refractivity contribution is 7.96. The number of amides is 1. The standard InChI is InChI=1S/C7H13NOS/c1-4-5(2)6(3)8-7(9)10/h4H2,1-3H3,(H2,8,9,10)/b6-5+. The summed E-state index contributed by atoms with van der Waals surface area (Å²) in [6.07, 6.45) is 0.958. The van der Waals surface area contributed by atoms with E-state index in [0.717, 1.165) is 12.1 Å². The van der Waals surface area contributed by atoms with E-state index in [-0.39, 0.29) is 5.24 Å². The van der Waals surface area contributed by atoms with Gasteiger partial charge in [0, 0.05) is 5.70 Å². The molecule has 0 heterocycles. The van der Waals surface area contributed by atoms with Crippen molar-refractivity contribution in [2.75, 3.05) is 0 Å². The Morgan fingerprint density at radius 3 is 2.30 bits per heavy atom. The van der Waals surface area contributed by atoms with Gasteiger partial charge in [-0.3, -0.25) is 4.79 Å². The van der Waals surface area contributed by atoms with Crippen LogP contribution in [0.1, 0.15) is 27.2 Å². The van der Waals surface area contributed by atoms with Gasteiger partial charge in [-0.1, -0.05) is 25.1 Å². The van der Waals surface area contributed by atoms with Gasteiger partial charge in [-0.2, -0.15) is 0 Å². The second kappa shape index (κ2) is 4.39. The number of thiol groups is 1. The number of rotatable bonds is 2. The zero-order valence-corrected chi connectivity index (χ0v) is 7.46. The average Bonchev–Trinajstić information content (AvgIpc) is 1.85. The molecule has 0 aromatic rings. The minimum absolute atomic E-state index is 0.301. The number of allylic oxidation sites excluding steroid dienone is 2. The molecule has 10 heavy (non-hydrogen) atoms. The van der Waals surface area contributed by atoms with Crippen LogP contribution in [0.25, 0.3) is 0 Å². The van der Waals surface area contributed by atoms with Crippen LogP contribution in [0.3, 0.4) is 0 Å². The van der Waals surface area contributed by atoms with Crippen molar-refractivity contribution >= 4 is 17.9 Å². The lowest BCUT2D eigenvalue weighted by Gasteiger charge is -2.04. The quantitative estimate of drug-likeness (QED) is 0.595. The van der Waals surface area contributed by atoms with Crippen molar-refractivity contribution < 1.29 is 4.79 Å². The maximum absolute atomic E-state index is 10.4. The molecule has 0 saturated heterocycles. The van der Waals surface area contributed by atoms with Gasteiger partial charge in [-0.25, -0.2) is 0 Å². The van der Waals surface area contributed by atoms with Crippen LogP contribution in [0.15, 0.2) is 11.3 Å². The summed E-state index contributed by atoms with van der Waals surface area (Å²) >= 11 is 3.59. The van der Waals surface area contributed by atoms with Crippen molar-refractivity contribution in [2.24, 2.45) is 0 Å². The zero-order chi connectivity index (χ0) is 8.15. The Morgan fingerprint density at radius 1 is 1.50 bits per heavy atom. The van der Waals surface area contributed by atoms with Crippen LogP contribution < -0.4 is 5.32 Å². The molecule has 2 nitrogen and oxygen atoms in total. The smallest absolute Gasteiger partial charge is 0.280 e. The van der Waals surface area contributed by atoms with Crippen molar-refractivity contribution in [3.63, 3.8) is 0 Å². The molecule has 0 bridgehead atoms. The van der Waals surface area contributed by atoms with Crippen molar-refractivity contribution in [1.29, 1.82) is 0 Å². The molecule has 58 valence electrons. The first kappa shape index (κ1) is 9.56. The number of nitrogens with one attached hydrogen (secondary N) is 1. The van der Waals surface area contributed by atoms with Gasteiger partial charge < -0.3 is 5.32 Å². The van der Waals surface area contributed by atoms with Gasteiger partial charge in [0.1, 0.15) is 0 Å². The van der Waals surface area contributed by atoms with Crippen LogP contribution in [0.4, 0.5) is 4.79 Å². The Morgan fingerprint density at radius 2 is 2.00 bits per heavy atom. The summed E-state index contributed by atoms with van der Waals surface area (Å²) in [5.74, 6) is 0. The lowest BCUT2D eigenvalue weighted by molar-refractivity contribution is 0.263. The topological polar surface area (TPSA) is 29.1 Å². The van der Waals surface area contributed by atoms with Gasteiger partial charge in [0.2, 0.25) is 0 Å². The summed E-state index contributed by atoms with van der Waals surface area (Å²) in [5, 5.41) is 2.30. The third-order valence-corrected chi connectivity index (χ3v) is 1.58. The molecule has 0 aliphatic heterocycles. The van der Waals surface area contributed by atoms with Gasteiger partial charge in [-0.05, 0) is 20.3 Å². The van der Waals surface area contributed by atoms with Gasteiger partial charge >= 0.3 is 0 Å². The SMILES string of the molecule is CC/C(C)=C(\C)NC(=O)S. The van der Waals surface area contributed by atoms with E-state index in [2.05, 4.69) is 17.9 Å². The number of carbonyl (C=O) groups excluding carboxylic acids is 1. The molecule has 1 amide bonds. The second-order valence-corrected chi connectivity index (χ2v) is 2.60. The van der Waals surface area contributed by atoms with Crippen LogP contribution in [-0.2, 0) is 0 Å². The van der Waals surface area contributed by atoms with Crippen molar-refractivity contribution in [2.45, 2.75) is 27.2 Å². The highest BCUT2D eigenvalue weighted by atomic mass is 32.1. The van der Waals surface area contributed by atoms with Crippen LogP contribution in [0.2, 0.25) is 0 Å². The molecule has 0 saturated carbocycles. The van der Waals surface area contributed by atoms with E-state index in [9.17, 15) is 4.79 Å². The second-order valence-electron chi connectivity index (χ2n) is 2.19. The van der Waals surface area contributed by atoms with E-state index in [1.165, 1.54) is 5.57 Å². The Bertz CT molecular complexity index is 163. The lowest BCUT2D eigenvalue weighted by Crippen LogP contribution is -2.14. The summed E-state index contributed by atoms with van der Waals surface area (Å²) in [6.45, 7) is 5.90. The summed E-state index contributed by atoms with van der Waals surface area (Å²) < 4.78 is 0. The van der Waals surface area contributed by atoms with Crippen molar-refractivity contribution in [3.05, 3.63) is 11.3 Å². The predicted molar refractivity (Wildman–Crippen MR) is 46.2 cm³/mol. The first-order valence-corrected chi connectivity index (χ1v) is 3.69. The molecule has 0 fully saturated rings. The summed E-state index contributed by atoms with van der Waals surface area (Å²) in [7, 11) is 0. The van der Waals surface area contributed by atoms with E-state index < -0.39 is 0 Å². The summed E-state index contributed by atoms with van der Waals surface area (Å²) in [5.41, 5.74) is 2.09. The Hall–Kier alpha value is -0.440. The zero-order valence-electron chi connectivity index (χ0n) is 6.56. The fourth-order valence-corrected chi connectivity index (χ4v) is 0.700. The van der Waals surface area contributed by atoms with Gasteiger partial charge in [-0.15, -0.1) is 0 Å². The Labute approximate surface area is 67.1 Å². The molecule has 0 radical (unpaired) electrons. The molecule has 0 rings (SSSR count). The molecular formula is C7H13NOS. The van der Waals surface area contributed by atoms with Gasteiger partial charge in [0.25, 0.3) is 5.24 Å². The molecule has 0 aromatic heterocycles. The highest BCUT2D eigenvalue weighted by Gasteiger charge is 1.95. The Balaban J connectivity index is 4.04. The van der Waals surface area contributed by atoms with Gasteiger partial charge in [0.15, 0.2) is 0 Å². The average molecular weight is 159 g/mol. The van der Waals surface area contributed by atoms with Crippen LogP contribution >= 0.6 is 12.6 Å². The first-order valence-electron chi connectivity index (χ1n) is 3.24. The third kappa shape index (κ3) is 3.56. The molecule has 3 heteroatoms. The van der Waals surface area contributed by atoms with E-state index in [1.807, 2.05) is 20.8 Å². The molecular weight excluding hydrogens is 146 g/mol. The maximum Gasteiger partial charge on any atom is 0.280 e. The molecule has 0 unspecified atom stereocenters. The molecule has 1 N–H and O–H groups in total. The van der Waals surface area contributed by atoms with Gasteiger partial charge in [0.05, 0.1) is 0 Å². The molecule has 0 aliphatic carbocycles. The predicted octanol–water partition coefficient (Wildman–Crippen LogP) is 2.33. The van der Waals surface area contributed by atoms with E-state index in [4.69, 9.17) is 0 Å². The normalized spacial score (nSPS) is 12.4. The number of carbonyl (C=O) groups is 1. The van der Waals surface area contributed by atoms with E-state index >= 15 is 0 Å². The van der Waals surface area contributed by atoms with E-state index in [0.29, 0.717) is 0 Å². The highest BCUT2D eigenvalue weighted by Crippen LogP contribution is 2.03. The minimum atomic E-state index is -0.301. The lowest BCUT2D eigenvalue weighted by atomic mass is 10.2. The molecule has 0 aliphatic rings. The van der Waals surface area contributed by atoms with Crippen LogP contribution in [-0.4, -0.2) is 5.24 Å². The Kier molecular flexibility index (Phi) is 4.19. The largest absolute Gasteiger partial charge is 0.321 e. The van der Waals surface area contributed by atoms with Crippen molar-refractivity contribution in [1.82, 2.24) is 5.32 Å². The minimum Gasteiger partial charge on any atom is -0.321 e. The first-order chi connectivity index (χ1) is 4.57. The number of hydrogen-bond acceptors (Lipinski definition) is 1. The van der Waals surface area contributed by atoms with Crippen LogP contribution in [0.5, 0.6) is 0 Å². The molecule has 0 atom stereocenters. The molecule has 0 aromatic carbocycles. The van der Waals surface area contributed by atoms with Crippen LogP contribution in [0, 0.1) is 0 Å². The number of hydrogen-bond donors (Lipinski definition) is 2.